The van der Waals surface area contributed by atoms with Crippen molar-refractivity contribution in [2.24, 2.45) is 0 Å². The van der Waals surface area contributed by atoms with Crippen molar-refractivity contribution in [2.45, 2.75) is 25.8 Å². The van der Waals surface area contributed by atoms with Gasteiger partial charge in [-0.15, -0.1) is 11.6 Å². The quantitative estimate of drug-likeness (QED) is 0.775. The smallest absolute Gasteiger partial charge is 0.256 e. The van der Waals surface area contributed by atoms with Gasteiger partial charge in [0.1, 0.15) is 11.6 Å². The van der Waals surface area contributed by atoms with Gasteiger partial charge < -0.3 is 4.57 Å². The fourth-order valence-corrected chi connectivity index (χ4v) is 1.95. The summed E-state index contributed by atoms with van der Waals surface area (Å²) in [6.07, 6.45) is -2.50. The topological polar surface area (TPSA) is 17.8 Å². The second-order valence-corrected chi connectivity index (χ2v) is 4.02. The summed E-state index contributed by atoms with van der Waals surface area (Å²) in [6.45, 7) is 1.10. The zero-order valence-electron chi connectivity index (χ0n) is 9.05. The number of aromatic nitrogens is 2. The predicted octanol–water partition coefficient (Wildman–Crippen LogP) is 3.49. The van der Waals surface area contributed by atoms with E-state index in [1.54, 1.807) is 6.92 Å². The number of aryl methyl sites for hydroxylation is 1. The lowest BCUT2D eigenvalue weighted by Gasteiger charge is -2.07. The monoisotopic (exact) mass is 262 g/mol. The summed E-state index contributed by atoms with van der Waals surface area (Å²) in [5.41, 5.74) is 1.23. The molecule has 0 unspecified atom stereocenters. The van der Waals surface area contributed by atoms with E-state index in [1.165, 1.54) is 16.7 Å². The van der Waals surface area contributed by atoms with Crippen LogP contribution in [-0.4, -0.2) is 16.0 Å². The van der Waals surface area contributed by atoms with E-state index >= 15 is 0 Å². The number of nitrogens with zero attached hydrogens (tertiary/aromatic N) is 2. The first-order chi connectivity index (χ1) is 8.02. The van der Waals surface area contributed by atoms with Gasteiger partial charge in [-0.25, -0.2) is 18.2 Å². The summed E-state index contributed by atoms with van der Waals surface area (Å²) < 4.78 is 39.6. The average molecular weight is 263 g/mol. The second kappa shape index (κ2) is 4.56. The van der Waals surface area contributed by atoms with E-state index in [0.29, 0.717) is 22.4 Å². The highest BCUT2D eigenvalue weighted by Crippen LogP contribution is 2.22. The predicted molar refractivity (Wildman–Crippen MR) is 60.0 cm³/mol. The molecule has 0 bridgehead atoms. The Kier molecular flexibility index (Phi) is 3.28. The third kappa shape index (κ3) is 2.24. The Labute approximate surface area is 101 Å². The molecule has 2 aromatic rings. The molecule has 0 aliphatic carbocycles. The molecular formula is C11H10ClF3N2. The number of hydrogen-bond donors (Lipinski definition) is 0. The number of alkyl halides is 3. The number of imidazole rings is 1. The van der Waals surface area contributed by atoms with E-state index in [0.717, 1.165) is 0 Å². The minimum Gasteiger partial charge on any atom is -0.321 e. The molecule has 0 aliphatic rings. The maximum Gasteiger partial charge on any atom is 0.256 e. The van der Waals surface area contributed by atoms with Crippen molar-refractivity contribution in [1.29, 1.82) is 0 Å². The first kappa shape index (κ1) is 12.2. The summed E-state index contributed by atoms with van der Waals surface area (Å²) in [5, 5.41) is 0. The van der Waals surface area contributed by atoms with Crippen molar-refractivity contribution < 1.29 is 13.2 Å². The Morgan fingerprint density at radius 2 is 2.12 bits per heavy atom. The minimum atomic E-state index is -2.50. The van der Waals surface area contributed by atoms with Gasteiger partial charge in [-0.2, -0.15) is 0 Å². The summed E-state index contributed by atoms with van der Waals surface area (Å²) in [7, 11) is 0. The molecule has 0 N–H and O–H groups in total. The van der Waals surface area contributed by atoms with Crippen LogP contribution in [0.5, 0.6) is 0 Å². The van der Waals surface area contributed by atoms with Crippen molar-refractivity contribution in [1.82, 2.24) is 9.55 Å². The molecule has 0 fully saturated rings. The maximum absolute atomic E-state index is 13.3. The van der Waals surface area contributed by atoms with Crippen LogP contribution in [0.3, 0.4) is 0 Å². The molecule has 92 valence electrons. The zero-order valence-corrected chi connectivity index (χ0v) is 9.81. The molecule has 0 spiro atoms. The second-order valence-electron chi connectivity index (χ2n) is 3.75. The largest absolute Gasteiger partial charge is 0.321 e. The highest BCUT2D eigenvalue weighted by Gasteiger charge is 2.15. The van der Waals surface area contributed by atoms with Gasteiger partial charge in [0.05, 0.1) is 23.5 Å². The molecule has 2 rings (SSSR count). The van der Waals surface area contributed by atoms with E-state index in [9.17, 15) is 13.2 Å². The van der Waals surface area contributed by atoms with E-state index in [-0.39, 0.29) is 5.88 Å². The van der Waals surface area contributed by atoms with E-state index in [2.05, 4.69) is 4.98 Å². The Balaban J connectivity index is 2.65. The molecule has 2 nitrogen and oxygen atoms in total. The highest BCUT2D eigenvalue weighted by atomic mass is 35.5. The first-order valence-corrected chi connectivity index (χ1v) is 5.55. The van der Waals surface area contributed by atoms with Crippen LogP contribution in [0.1, 0.15) is 11.4 Å². The molecule has 0 saturated carbocycles. The van der Waals surface area contributed by atoms with Gasteiger partial charge in [0, 0.05) is 6.07 Å². The highest BCUT2D eigenvalue weighted by molar-refractivity contribution is 6.16. The minimum absolute atomic E-state index is 0.0159. The summed E-state index contributed by atoms with van der Waals surface area (Å²) in [6, 6.07) is 2.75. The van der Waals surface area contributed by atoms with E-state index < -0.39 is 18.8 Å². The maximum atomic E-state index is 13.3. The third-order valence-electron chi connectivity index (χ3n) is 2.55. The fraction of sp³-hybridized carbons (Fsp3) is 0.364. The lowest BCUT2D eigenvalue weighted by Crippen LogP contribution is -2.09. The lowest BCUT2D eigenvalue weighted by molar-refractivity contribution is 0.127. The first-order valence-electron chi connectivity index (χ1n) is 5.02. The summed E-state index contributed by atoms with van der Waals surface area (Å²) >= 11 is 5.64. The normalized spacial score (nSPS) is 11.6. The number of halogens is 4. The SMILES string of the molecule is Cc1cc2c(cc1F)nc(CCl)n2CC(F)F. The Hall–Kier alpha value is -1.23. The van der Waals surface area contributed by atoms with Crippen molar-refractivity contribution in [3.05, 3.63) is 29.3 Å². The number of fused-ring (bicyclic) bond motifs is 1. The van der Waals surface area contributed by atoms with Crippen molar-refractivity contribution in [2.75, 3.05) is 0 Å². The van der Waals surface area contributed by atoms with Crippen LogP contribution in [0.2, 0.25) is 0 Å². The molecule has 1 aromatic heterocycles. The van der Waals surface area contributed by atoms with Crippen LogP contribution in [0.4, 0.5) is 13.2 Å². The van der Waals surface area contributed by atoms with Gasteiger partial charge in [-0.3, -0.25) is 0 Å². The van der Waals surface area contributed by atoms with Crippen molar-refractivity contribution in [3.8, 4) is 0 Å². The van der Waals surface area contributed by atoms with Crippen LogP contribution < -0.4 is 0 Å². The molecule has 0 atom stereocenters. The van der Waals surface area contributed by atoms with E-state index in [1.807, 2.05) is 0 Å². The molecular weight excluding hydrogens is 253 g/mol. The van der Waals surface area contributed by atoms with Gasteiger partial charge in [-0.1, -0.05) is 0 Å². The van der Waals surface area contributed by atoms with Crippen LogP contribution in [-0.2, 0) is 12.4 Å². The Bertz CT molecular complexity index is 551. The third-order valence-corrected chi connectivity index (χ3v) is 2.79. The van der Waals surface area contributed by atoms with Gasteiger partial charge in [0.2, 0.25) is 0 Å². The number of benzene rings is 1. The van der Waals surface area contributed by atoms with Gasteiger partial charge in [0.15, 0.2) is 0 Å². The molecule has 0 radical (unpaired) electrons. The lowest BCUT2D eigenvalue weighted by atomic mass is 10.2. The van der Waals surface area contributed by atoms with Crippen LogP contribution in [0.15, 0.2) is 12.1 Å². The Morgan fingerprint density at radius 1 is 1.41 bits per heavy atom. The molecule has 0 aliphatic heterocycles. The van der Waals surface area contributed by atoms with Crippen LogP contribution in [0.25, 0.3) is 11.0 Å². The fourth-order valence-electron chi connectivity index (χ4n) is 1.74. The van der Waals surface area contributed by atoms with Gasteiger partial charge in [0.25, 0.3) is 6.43 Å². The van der Waals surface area contributed by atoms with Crippen LogP contribution >= 0.6 is 11.6 Å². The van der Waals surface area contributed by atoms with Gasteiger partial charge >= 0.3 is 0 Å². The van der Waals surface area contributed by atoms with E-state index in [4.69, 9.17) is 11.6 Å². The standard InChI is InChI=1S/C11H10ClF3N2/c1-6-2-9-8(3-7(6)13)16-11(4-12)17(9)5-10(14)15/h2-3,10H,4-5H2,1H3. The van der Waals surface area contributed by atoms with Crippen LogP contribution in [0, 0.1) is 12.7 Å². The number of hydrogen-bond acceptors (Lipinski definition) is 1. The molecule has 1 aromatic carbocycles. The number of rotatable bonds is 3. The molecule has 0 amide bonds. The van der Waals surface area contributed by atoms with Crippen molar-refractivity contribution in [3.63, 3.8) is 0 Å². The molecule has 0 saturated heterocycles. The van der Waals surface area contributed by atoms with Gasteiger partial charge in [-0.05, 0) is 18.6 Å². The Morgan fingerprint density at radius 3 is 2.71 bits per heavy atom. The zero-order chi connectivity index (χ0) is 12.6. The molecule has 6 heteroatoms. The molecule has 17 heavy (non-hydrogen) atoms. The van der Waals surface area contributed by atoms with Crippen molar-refractivity contribution >= 4 is 22.6 Å². The average Bonchev–Trinajstić information content (AvgIpc) is 2.57. The summed E-state index contributed by atoms with van der Waals surface area (Å²) in [4.78, 5) is 4.04. The summed E-state index contributed by atoms with van der Waals surface area (Å²) in [5.74, 6) is -0.0606. The molecule has 1 heterocycles.